The summed E-state index contributed by atoms with van der Waals surface area (Å²) in [5.74, 6) is 0.214. The minimum atomic E-state index is -4.49. The van der Waals surface area contributed by atoms with Crippen LogP contribution in [0.15, 0.2) is 41.5 Å². The van der Waals surface area contributed by atoms with Gasteiger partial charge in [0.1, 0.15) is 15.7 Å². The van der Waals surface area contributed by atoms with Crippen LogP contribution in [0.4, 0.5) is 19.1 Å². The van der Waals surface area contributed by atoms with Gasteiger partial charge in [0, 0.05) is 30.4 Å². The summed E-state index contributed by atoms with van der Waals surface area (Å²) in [6.45, 7) is 5.63. The number of carbonyl (C=O) groups is 1. The van der Waals surface area contributed by atoms with E-state index in [1.54, 1.807) is 6.92 Å². The first-order valence-corrected chi connectivity index (χ1v) is 13.6. The number of halogens is 3. The SMILES string of the molecule is BCCOCCOCC1CCC(n2c(NC(=O)C(=C/C)/C=C(\CC)C(F)(F)F)nc3cc(B)ccc32)CC1. The number of allylic oxidation sites excluding steroid dienone is 2. The van der Waals surface area contributed by atoms with Gasteiger partial charge >= 0.3 is 6.18 Å². The Labute approximate surface area is 224 Å². The molecule has 1 aliphatic rings. The molecular formula is C27H38B2F3N3O3. The Morgan fingerprint density at radius 1 is 1.18 bits per heavy atom. The maximum atomic E-state index is 13.3. The van der Waals surface area contributed by atoms with Crippen LogP contribution >= 0.6 is 0 Å². The van der Waals surface area contributed by atoms with Crippen LogP contribution in [0.5, 0.6) is 0 Å². The molecule has 11 heteroatoms. The number of ether oxygens (including phenoxy) is 2. The standard InChI is InChI=1S/C27H38B2F3N3O3/c1-3-19(15-20(4-2)27(30,31)32)25(36)34-26-33-23-16-21(29)7-10-24(23)35(26)22-8-5-18(6-9-22)17-38-14-13-37-12-11-28/h3,7,10,15-16,18,22H,4-6,8-9,11-14,17,28-29H2,1-2H3,(H,33,34,36)/b19-3+,20-15+. The van der Waals surface area contributed by atoms with Gasteiger partial charge in [0.05, 0.1) is 24.2 Å². The molecule has 0 radical (unpaired) electrons. The lowest BCUT2D eigenvalue weighted by Crippen LogP contribution is -2.24. The Morgan fingerprint density at radius 2 is 1.89 bits per heavy atom. The monoisotopic (exact) mass is 531 g/mol. The van der Waals surface area contributed by atoms with Gasteiger partial charge in [-0.05, 0) is 63.2 Å². The number of nitrogens with zero attached hydrogens (tertiary/aromatic N) is 2. The molecule has 2 aromatic rings. The zero-order chi connectivity index (χ0) is 27.7. The molecule has 38 heavy (non-hydrogen) atoms. The van der Waals surface area contributed by atoms with Gasteiger partial charge in [-0.2, -0.15) is 13.2 Å². The molecule has 0 bridgehead atoms. The number of anilines is 1. The Hall–Kier alpha value is -2.52. The van der Waals surface area contributed by atoms with E-state index in [2.05, 4.69) is 18.1 Å². The van der Waals surface area contributed by atoms with E-state index in [0.29, 0.717) is 31.7 Å². The van der Waals surface area contributed by atoms with Crippen LogP contribution in [0.25, 0.3) is 11.0 Å². The van der Waals surface area contributed by atoms with E-state index in [9.17, 15) is 18.0 Å². The van der Waals surface area contributed by atoms with Crippen molar-refractivity contribution in [2.24, 2.45) is 5.92 Å². The zero-order valence-corrected chi connectivity index (χ0v) is 22.9. The first-order valence-electron chi connectivity index (χ1n) is 13.6. The van der Waals surface area contributed by atoms with Gasteiger partial charge in [-0.3, -0.25) is 10.1 Å². The van der Waals surface area contributed by atoms with E-state index < -0.39 is 17.7 Å². The van der Waals surface area contributed by atoms with Crippen molar-refractivity contribution in [3.63, 3.8) is 0 Å². The second kappa shape index (κ2) is 14.0. The van der Waals surface area contributed by atoms with Crippen LogP contribution in [-0.4, -0.2) is 63.8 Å². The van der Waals surface area contributed by atoms with Crippen LogP contribution in [0.1, 0.15) is 52.0 Å². The summed E-state index contributed by atoms with van der Waals surface area (Å²) in [6.07, 6.45) is 2.36. The molecule has 1 heterocycles. The van der Waals surface area contributed by atoms with Crippen molar-refractivity contribution in [3.8, 4) is 0 Å². The second-order valence-electron chi connectivity index (χ2n) is 9.88. The highest BCUT2D eigenvalue weighted by Crippen LogP contribution is 2.37. The zero-order valence-electron chi connectivity index (χ0n) is 22.9. The number of aromatic nitrogens is 2. The lowest BCUT2D eigenvalue weighted by molar-refractivity contribution is -0.112. The van der Waals surface area contributed by atoms with E-state index in [1.807, 2.05) is 30.6 Å². The number of fused-ring (bicyclic) bond motifs is 1. The van der Waals surface area contributed by atoms with Gasteiger partial charge in [0.25, 0.3) is 5.91 Å². The number of hydrogen-bond donors (Lipinski definition) is 1. The van der Waals surface area contributed by atoms with Crippen molar-refractivity contribution in [1.29, 1.82) is 0 Å². The van der Waals surface area contributed by atoms with Gasteiger partial charge in [-0.25, -0.2) is 4.98 Å². The summed E-state index contributed by atoms with van der Waals surface area (Å²) in [7, 11) is 4.05. The normalized spacial score (nSPS) is 19.2. The lowest BCUT2D eigenvalue weighted by atomic mass is 9.86. The molecule has 6 nitrogen and oxygen atoms in total. The third-order valence-corrected chi connectivity index (χ3v) is 6.97. The molecule has 0 aliphatic heterocycles. The third-order valence-electron chi connectivity index (χ3n) is 6.97. The van der Waals surface area contributed by atoms with E-state index in [-0.39, 0.29) is 18.0 Å². The van der Waals surface area contributed by atoms with Gasteiger partial charge < -0.3 is 14.0 Å². The average molecular weight is 531 g/mol. The fraction of sp³-hybridized carbons (Fsp3) is 0.556. The predicted molar refractivity (Wildman–Crippen MR) is 151 cm³/mol. The third kappa shape index (κ3) is 7.99. The molecule has 0 saturated heterocycles. The summed E-state index contributed by atoms with van der Waals surface area (Å²) in [6, 6.07) is 6.07. The smallest absolute Gasteiger partial charge is 0.380 e. The number of nitrogens with one attached hydrogen (secondary N) is 1. The number of amides is 1. The van der Waals surface area contributed by atoms with Gasteiger partial charge in [0.2, 0.25) is 5.95 Å². The largest absolute Gasteiger partial charge is 0.412 e. The van der Waals surface area contributed by atoms with Crippen molar-refractivity contribution in [1.82, 2.24) is 9.55 Å². The summed E-state index contributed by atoms with van der Waals surface area (Å²) in [5, 5.41) is 2.81. The average Bonchev–Trinajstić information content (AvgIpc) is 3.22. The Bertz CT molecular complexity index is 1140. The molecule has 1 aliphatic carbocycles. The second-order valence-corrected chi connectivity index (χ2v) is 9.88. The molecule has 3 rings (SSSR count). The highest BCUT2D eigenvalue weighted by molar-refractivity contribution is 6.33. The molecule has 0 unspecified atom stereocenters. The topological polar surface area (TPSA) is 65.4 Å². The van der Waals surface area contributed by atoms with Crippen LogP contribution in [-0.2, 0) is 14.3 Å². The molecule has 0 atom stereocenters. The highest BCUT2D eigenvalue weighted by atomic mass is 19.4. The molecule has 1 amide bonds. The Morgan fingerprint density at radius 3 is 2.53 bits per heavy atom. The summed E-state index contributed by atoms with van der Waals surface area (Å²) in [4.78, 5) is 17.8. The molecule has 1 saturated carbocycles. The van der Waals surface area contributed by atoms with Crippen LogP contribution in [0.2, 0.25) is 6.32 Å². The predicted octanol–water partition coefficient (Wildman–Crippen LogP) is 3.89. The van der Waals surface area contributed by atoms with Gasteiger partial charge in [-0.15, -0.1) is 0 Å². The van der Waals surface area contributed by atoms with E-state index in [1.165, 1.54) is 13.0 Å². The number of rotatable bonds is 12. The van der Waals surface area contributed by atoms with Crippen LogP contribution < -0.4 is 10.8 Å². The van der Waals surface area contributed by atoms with Crippen LogP contribution in [0.3, 0.4) is 0 Å². The van der Waals surface area contributed by atoms with E-state index in [0.717, 1.165) is 61.2 Å². The van der Waals surface area contributed by atoms with Crippen molar-refractivity contribution >= 4 is 44.0 Å². The van der Waals surface area contributed by atoms with Gasteiger partial charge in [-0.1, -0.05) is 30.8 Å². The fourth-order valence-corrected chi connectivity index (χ4v) is 4.88. The Balaban J connectivity index is 1.75. The molecular weight excluding hydrogens is 493 g/mol. The van der Waals surface area contributed by atoms with Crippen molar-refractivity contribution in [2.75, 3.05) is 31.7 Å². The first-order chi connectivity index (χ1) is 18.2. The number of carbonyl (C=O) groups excluding carboxylic acids is 1. The fourth-order valence-electron chi connectivity index (χ4n) is 4.88. The van der Waals surface area contributed by atoms with E-state index in [4.69, 9.17) is 9.47 Å². The quantitative estimate of drug-likeness (QED) is 0.196. The van der Waals surface area contributed by atoms with Crippen molar-refractivity contribution in [3.05, 3.63) is 41.5 Å². The minimum absolute atomic E-state index is 0.0438. The maximum absolute atomic E-state index is 13.3. The number of imidazole rings is 1. The van der Waals surface area contributed by atoms with Crippen molar-refractivity contribution in [2.45, 2.75) is 64.5 Å². The Kier molecular flexibility index (Phi) is 11.1. The number of hydrogen-bond acceptors (Lipinski definition) is 4. The molecule has 206 valence electrons. The summed E-state index contributed by atoms with van der Waals surface area (Å²) in [5.41, 5.74) is 1.90. The maximum Gasteiger partial charge on any atom is 0.412 e. The molecule has 0 spiro atoms. The number of benzene rings is 1. The number of alkyl halides is 3. The molecule has 1 fully saturated rings. The van der Waals surface area contributed by atoms with E-state index >= 15 is 0 Å². The van der Waals surface area contributed by atoms with Crippen molar-refractivity contribution < 1.29 is 27.4 Å². The lowest BCUT2D eigenvalue weighted by Gasteiger charge is -2.30. The molecule has 1 aromatic heterocycles. The minimum Gasteiger partial charge on any atom is -0.380 e. The molecule has 1 N–H and O–H groups in total. The van der Waals surface area contributed by atoms with Gasteiger partial charge in [0.15, 0.2) is 0 Å². The summed E-state index contributed by atoms with van der Waals surface area (Å²) < 4.78 is 53.3. The summed E-state index contributed by atoms with van der Waals surface area (Å²) >= 11 is 0. The molecule has 1 aromatic carbocycles. The van der Waals surface area contributed by atoms with Crippen LogP contribution in [0, 0.1) is 5.92 Å². The highest BCUT2D eigenvalue weighted by Gasteiger charge is 2.33. The first kappa shape index (κ1) is 30.0.